The van der Waals surface area contributed by atoms with Crippen LogP contribution in [0, 0.1) is 11.6 Å². The normalized spacial score (nSPS) is 21.3. The maximum atomic E-state index is 13.7. The van der Waals surface area contributed by atoms with Crippen molar-refractivity contribution in [3.05, 3.63) is 29.8 Å². The average molecular weight is 256 g/mol. The van der Waals surface area contributed by atoms with Gasteiger partial charge in [0.05, 0.1) is 12.3 Å². The van der Waals surface area contributed by atoms with Gasteiger partial charge in [-0.25, -0.2) is 8.78 Å². The zero-order valence-electron chi connectivity index (χ0n) is 10.4. The summed E-state index contributed by atoms with van der Waals surface area (Å²) in [5.74, 6) is -1.07. The minimum Gasteiger partial charge on any atom is -0.395 e. The van der Waals surface area contributed by atoms with Gasteiger partial charge in [0, 0.05) is 38.3 Å². The lowest BCUT2D eigenvalue weighted by molar-refractivity contribution is 0.146. The monoisotopic (exact) mass is 256 g/mol. The van der Waals surface area contributed by atoms with Gasteiger partial charge in [-0.2, -0.15) is 0 Å². The SMILES string of the molecule is CC1CN(c2ccc(F)cc2F)CCN1CCO. The van der Waals surface area contributed by atoms with Gasteiger partial charge in [-0.1, -0.05) is 0 Å². The van der Waals surface area contributed by atoms with E-state index in [0.717, 1.165) is 12.6 Å². The lowest BCUT2D eigenvalue weighted by atomic mass is 10.1. The number of piperazine rings is 1. The molecule has 1 saturated heterocycles. The highest BCUT2D eigenvalue weighted by atomic mass is 19.1. The number of aliphatic hydroxyl groups is 1. The van der Waals surface area contributed by atoms with E-state index in [1.54, 1.807) is 0 Å². The van der Waals surface area contributed by atoms with Crippen LogP contribution >= 0.6 is 0 Å². The average Bonchev–Trinajstić information content (AvgIpc) is 2.32. The van der Waals surface area contributed by atoms with E-state index in [1.807, 2.05) is 11.8 Å². The number of nitrogens with zero attached hydrogens (tertiary/aromatic N) is 2. The highest BCUT2D eigenvalue weighted by molar-refractivity contribution is 5.48. The minimum atomic E-state index is -0.553. The quantitative estimate of drug-likeness (QED) is 0.887. The molecule has 1 aromatic carbocycles. The van der Waals surface area contributed by atoms with Crippen LogP contribution in [-0.4, -0.2) is 48.8 Å². The second kappa shape index (κ2) is 5.63. The van der Waals surface area contributed by atoms with E-state index >= 15 is 0 Å². The molecule has 1 N–H and O–H groups in total. The van der Waals surface area contributed by atoms with Crippen LogP contribution in [0.5, 0.6) is 0 Å². The fourth-order valence-electron chi connectivity index (χ4n) is 2.41. The summed E-state index contributed by atoms with van der Waals surface area (Å²) in [6.45, 7) is 4.97. The fraction of sp³-hybridized carbons (Fsp3) is 0.538. The highest BCUT2D eigenvalue weighted by Crippen LogP contribution is 2.23. The standard InChI is InChI=1S/C13H18F2N2O/c1-10-9-17(5-4-16(10)6-7-18)13-3-2-11(14)8-12(13)15/h2-3,8,10,18H,4-7,9H2,1H3. The summed E-state index contributed by atoms with van der Waals surface area (Å²) in [5, 5.41) is 8.94. The molecule has 0 saturated carbocycles. The Morgan fingerprint density at radius 1 is 1.33 bits per heavy atom. The Morgan fingerprint density at radius 2 is 2.11 bits per heavy atom. The zero-order valence-corrected chi connectivity index (χ0v) is 10.4. The Bertz CT molecular complexity index is 414. The van der Waals surface area contributed by atoms with Crippen LogP contribution in [0.3, 0.4) is 0 Å². The van der Waals surface area contributed by atoms with E-state index in [1.165, 1.54) is 12.1 Å². The van der Waals surface area contributed by atoms with E-state index in [4.69, 9.17) is 5.11 Å². The Kier molecular flexibility index (Phi) is 4.14. The number of halogens is 2. The number of hydrogen-bond donors (Lipinski definition) is 1. The third-order valence-corrected chi connectivity index (χ3v) is 3.40. The van der Waals surface area contributed by atoms with Gasteiger partial charge in [0.15, 0.2) is 0 Å². The summed E-state index contributed by atoms with van der Waals surface area (Å²) in [5.41, 5.74) is 0.451. The summed E-state index contributed by atoms with van der Waals surface area (Å²) in [6.07, 6.45) is 0. The molecule has 1 atom stereocenters. The van der Waals surface area contributed by atoms with Crippen LogP contribution in [0.2, 0.25) is 0 Å². The summed E-state index contributed by atoms with van der Waals surface area (Å²) < 4.78 is 26.5. The van der Waals surface area contributed by atoms with Gasteiger partial charge in [0.1, 0.15) is 11.6 Å². The summed E-state index contributed by atoms with van der Waals surface area (Å²) in [4.78, 5) is 4.09. The van der Waals surface area contributed by atoms with Crippen molar-refractivity contribution in [1.29, 1.82) is 0 Å². The minimum absolute atomic E-state index is 0.134. The van der Waals surface area contributed by atoms with Crippen molar-refractivity contribution >= 4 is 5.69 Å². The largest absolute Gasteiger partial charge is 0.395 e. The van der Waals surface area contributed by atoms with Gasteiger partial charge in [0.25, 0.3) is 0 Å². The van der Waals surface area contributed by atoms with E-state index in [-0.39, 0.29) is 12.6 Å². The van der Waals surface area contributed by atoms with Crippen LogP contribution in [0.1, 0.15) is 6.92 Å². The van der Waals surface area contributed by atoms with Gasteiger partial charge >= 0.3 is 0 Å². The van der Waals surface area contributed by atoms with E-state index in [2.05, 4.69) is 4.90 Å². The zero-order chi connectivity index (χ0) is 13.1. The van der Waals surface area contributed by atoms with Crippen LogP contribution in [0.15, 0.2) is 18.2 Å². The first-order chi connectivity index (χ1) is 8.61. The maximum Gasteiger partial charge on any atom is 0.149 e. The second-order valence-corrected chi connectivity index (χ2v) is 4.65. The molecule has 0 aliphatic carbocycles. The lowest BCUT2D eigenvalue weighted by Gasteiger charge is -2.40. The molecule has 1 heterocycles. The molecule has 5 heteroatoms. The van der Waals surface area contributed by atoms with Crippen molar-refractivity contribution in [3.63, 3.8) is 0 Å². The number of aliphatic hydroxyl groups excluding tert-OH is 1. The van der Waals surface area contributed by atoms with Crippen LogP contribution in [0.25, 0.3) is 0 Å². The Hall–Kier alpha value is -1.20. The molecule has 1 fully saturated rings. The molecule has 0 amide bonds. The van der Waals surface area contributed by atoms with Gasteiger partial charge in [-0.3, -0.25) is 4.90 Å². The maximum absolute atomic E-state index is 13.7. The third kappa shape index (κ3) is 2.79. The topological polar surface area (TPSA) is 26.7 Å². The Labute approximate surface area is 106 Å². The molecule has 0 bridgehead atoms. The predicted molar refractivity (Wildman–Crippen MR) is 66.7 cm³/mol. The van der Waals surface area contributed by atoms with Crippen molar-refractivity contribution in [1.82, 2.24) is 4.90 Å². The molecule has 1 unspecified atom stereocenters. The molecule has 1 aromatic rings. The third-order valence-electron chi connectivity index (χ3n) is 3.40. The number of rotatable bonds is 3. The van der Waals surface area contributed by atoms with Crippen molar-refractivity contribution in [2.24, 2.45) is 0 Å². The molecule has 2 rings (SSSR count). The first-order valence-corrected chi connectivity index (χ1v) is 6.16. The van der Waals surface area contributed by atoms with E-state index in [0.29, 0.717) is 25.3 Å². The van der Waals surface area contributed by atoms with Crippen molar-refractivity contribution in [3.8, 4) is 0 Å². The van der Waals surface area contributed by atoms with Crippen molar-refractivity contribution in [2.45, 2.75) is 13.0 Å². The van der Waals surface area contributed by atoms with Crippen molar-refractivity contribution < 1.29 is 13.9 Å². The smallest absolute Gasteiger partial charge is 0.149 e. The molecule has 0 aromatic heterocycles. The number of hydrogen-bond acceptors (Lipinski definition) is 3. The lowest BCUT2D eigenvalue weighted by Crippen LogP contribution is -2.52. The van der Waals surface area contributed by atoms with Crippen molar-refractivity contribution in [2.75, 3.05) is 37.7 Å². The number of anilines is 1. The van der Waals surface area contributed by atoms with Crippen LogP contribution in [0.4, 0.5) is 14.5 Å². The fourth-order valence-corrected chi connectivity index (χ4v) is 2.41. The summed E-state index contributed by atoms with van der Waals surface area (Å²) >= 11 is 0. The summed E-state index contributed by atoms with van der Waals surface area (Å²) in [6, 6.07) is 3.93. The Balaban J connectivity index is 2.07. The molecule has 0 radical (unpaired) electrons. The molecule has 3 nitrogen and oxygen atoms in total. The van der Waals surface area contributed by atoms with Crippen LogP contribution < -0.4 is 4.90 Å². The number of β-amino-alcohol motifs (C(OH)–C–C–N with tert-alkyl or cyclic N) is 1. The van der Waals surface area contributed by atoms with E-state index in [9.17, 15) is 8.78 Å². The first-order valence-electron chi connectivity index (χ1n) is 6.16. The number of benzene rings is 1. The van der Waals surface area contributed by atoms with Gasteiger partial charge in [-0.15, -0.1) is 0 Å². The summed E-state index contributed by atoms with van der Waals surface area (Å²) in [7, 11) is 0. The Morgan fingerprint density at radius 3 is 2.72 bits per heavy atom. The van der Waals surface area contributed by atoms with Crippen LogP contribution in [-0.2, 0) is 0 Å². The van der Waals surface area contributed by atoms with Gasteiger partial charge < -0.3 is 10.0 Å². The first kappa shape index (κ1) is 13.2. The highest BCUT2D eigenvalue weighted by Gasteiger charge is 2.24. The second-order valence-electron chi connectivity index (χ2n) is 4.65. The molecule has 100 valence electrons. The van der Waals surface area contributed by atoms with Gasteiger partial charge in [0.2, 0.25) is 0 Å². The molecular weight excluding hydrogens is 238 g/mol. The molecule has 1 aliphatic heterocycles. The van der Waals surface area contributed by atoms with Gasteiger partial charge in [-0.05, 0) is 19.1 Å². The molecular formula is C13H18F2N2O. The van der Waals surface area contributed by atoms with E-state index < -0.39 is 11.6 Å². The molecule has 1 aliphatic rings. The molecule has 0 spiro atoms. The predicted octanol–water partition coefficient (Wildman–Crippen LogP) is 1.47. The molecule has 18 heavy (non-hydrogen) atoms.